The first-order chi connectivity index (χ1) is 10.7. The normalized spacial score (nSPS) is 20.6. The summed E-state index contributed by atoms with van der Waals surface area (Å²) in [5.41, 5.74) is 4.82. The van der Waals surface area contributed by atoms with Gasteiger partial charge in [0.25, 0.3) is 5.91 Å². The van der Waals surface area contributed by atoms with Gasteiger partial charge in [0.2, 0.25) is 0 Å². The largest absolute Gasteiger partial charge is 0.361 e. The summed E-state index contributed by atoms with van der Waals surface area (Å²) in [5, 5.41) is 11.4. The van der Waals surface area contributed by atoms with Crippen molar-refractivity contribution in [2.75, 3.05) is 6.54 Å². The van der Waals surface area contributed by atoms with Gasteiger partial charge in [-0.1, -0.05) is 5.16 Å². The van der Waals surface area contributed by atoms with Crippen LogP contribution in [0.15, 0.2) is 4.52 Å². The highest BCUT2D eigenvalue weighted by Gasteiger charge is 2.36. The van der Waals surface area contributed by atoms with Gasteiger partial charge < -0.3 is 9.42 Å². The maximum Gasteiger partial charge on any atom is 0.275 e. The number of amides is 1. The van der Waals surface area contributed by atoms with Gasteiger partial charge in [-0.25, -0.2) is 0 Å². The predicted molar refractivity (Wildman–Crippen MR) is 79.6 cm³/mol. The molecule has 6 nitrogen and oxygen atoms in total. The number of rotatable bonds is 2. The molecule has 2 aromatic rings. The zero-order valence-corrected chi connectivity index (χ0v) is 13.0. The molecule has 2 aromatic heterocycles. The summed E-state index contributed by atoms with van der Waals surface area (Å²) in [6.45, 7) is 4.64. The van der Waals surface area contributed by atoms with Crippen LogP contribution in [0.25, 0.3) is 0 Å². The van der Waals surface area contributed by atoms with E-state index >= 15 is 0 Å². The van der Waals surface area contributed by atoms with E-state index < -0.39 is 0 Å². The lowest BCUT2D eigenvalue weighted by Crippen LogP contribution is -2.32. The van der Waals surface area contributed by atoms with Crippen LogP contribution in [-0.4, -0.2) is 32.7 Å². The van der Waals surface area contributed by atoms with E-state index in [0.29, 0.717) is 5.69 Å². The smallest absolute Gasteiger partial charge is 0.275 e. The first-order valence-electron chi connectivity index (χ1n) is 7.96. The Bertz CT molecular complexity index is 711. The second-order valence-electron chi connectivity index (χ2n) is 6.28. The second-order valence-corrected chi connectivity index (χ2v) is 6.28. The average Bonchev–Trinajstić information content (AvgIpc) is 3.22. The van der Waals surface area contributed by atoms with Crippen LogP contribution < -0.4 is 0 Å². The number of aromatic amines is 1. The molecule has 3 heterocycles. The Labute approximate surface area is 128 Å². The molecule has 0 saturated carbocycles. The van der Waals surface area contributed by atoms with Gasteiger partial charge in [0.05, 0.1) is 11.7 Å². The summed E-state index contributed by atoms with van der Waals surface area (Å²) in [6, 6.07) is 0.0625. The Morgan fingerprint density at radius 1 is 1.32 bits per heavy atom. The first kappa shape index (κ1) is 13.5. The van der Waals surface area contributed by atoms with E-state index in [1.807, 2.05) is 18.7 Å². The molecule has 0 unspecified atom stereocenters. The molecular formula is C16H20N4O2. The molecule has 1 atom stereocenters. The van der Waals surface area contributed by atoms with Crippen LogP contribution in [0.4, 0.5) is 0 Å². The summed E-state index contributed by atoms with van der Waals surface area (Å²) < 4.78 is 5.29. The molecule has 2 aliphatic rings. The monoisotopic (exact) mass is 300 g/mol. The van der Waals surface area contributed by atoms with Gasteiger partial charge >= 0.3 is 0 Å². The zero-order valence-electron chi connectivity index (χ0n) is 13.0. The number of likely N-dealkylation sites (tertiary alicyclic amines) is 1. The van der Waals surface area contributed by atoms with Crippen molar-refractivity contribution in [3.05, 3.63) is 34.0 Å². The number of aromatic nitrogens is 3. The van der Waals surface area contributed by atoms with E-state index in [4.69, 9.17) is 4.52 Å². The van der Waals surface area contributed by atoms with Crippen molar-refractivity contribution in [3.8, 4) is 0 Å². The van der Waals surface area contributed by atoms with E-state index in [9.17, 15) is 4.79 Å². The highest BCUT2D eigenvalue weighted by molar-refractivity contribution is 5.94. The van der Waals surface area contributed by atoms with E-state index in [-0.39, 0.29) is 11.9 Å². The number of hydrogen-bond acceptors (Lipinski definition) is 4. The number of aryl methyl sites for hydroxylation is 3. The summed E-state index contributed by atoms with van der Waals surface area (Å²) in [5.74, 6) is 0.858. The fraction of sp³-hybridized carbons (Fsp3) is 0.562. The van der Waals surface area contributed by atoms with Crippen LogP contribution in [0, 0.1) is 13.8 Å². The predicted octanol–water partition coefficient (Wildman–Crippen LogP) is 2.48. The Kier molecular flexibility index (Phi) is 3.06. The van der Waals surface area contributed by atoms with Gasteiger partial charge in [0.15, 0.2) is 5.69 Å². The zero-order chi connectivity index (χ0) is 15.3. The van der Waals surface area contributed by atoms with Crippen LogP contribution in [0.3, 0.4) is 0 Å². The second kappa shape index (κ2) is 4.97. The lowest BCUT2D eigenvalue weighted by Gasteiger charge is -2.24. The number of nitrogens with zero attached hydrogens (tertiary/aromatic N) is 3. The topological polar surface area (TPSA) is 75.0 Å². The molecule has 0 aromatic carbocycles. The van der Waals surface area contributed by atoms with Gasteiger partial charge in [0.1, 0.15) is 5.76 Å². The molecule has 0 spiro atoms. The van der Waals surface area contributed by atoms with Gasteiger partial charge in [-0.05, 0) is 46.0 Å². The van der Waals surface area contributed by atoms with E-state index in [1.165, 1.54) is 0 Å². The lowest BCUT2D eigenvalue weighted by atomic mass is 10.0. The fourth-order valence-electron chi connectivity index (χ4n) is 3.91. The van der Waals surface area contributed by atoms with Crippen LogP contribution in [-0.2, 0) is 12.8 Å². The van der Waals surface area contributed by atoms with Crippen molar-refractivity contribution >= 4 is 5.91 Å². The molecule has 1 saturated heterocycles. The van der Waals surface area contributed by atoms with Gasteiger partial charge in [-0.3, -0.25) is 9.89 Å². The van der Waals surface area contributed by atoms with Crippen LogP contribution in [0.5, 0.6) is 0 Å². The molecule has 1 fully saturated rings. The molecule has 1 aliphatic heterocycles. The van der Waals surface area contributed by atoms with Crippen molar-refractivity contribution < 1.29 is 9.32 Å². The van der Waals surface area contributed by atoms with Gasteiger partial charge in [-0.15, -0.1) is 0 Å². The number of carbonyl (C=O) groups is 1. The average molecular weight is 300 g/mol. The Morgan fingerprint density at radius 3 is 2.95 bits per heavy atom. The first-order valence-corrected chi connectivity index (χ1v) is 7.96. The van der Waals surface area contributed by atoms with Crippen molar-refractivity contribution in [1.29, 1.82) is 0 Å². The number of H-pyrrole nitrogens is 1. The van der Waals surface area contributed by atoms with Crippen molar-refractivity contribution in [1.82, 2.24) is 20.3 Å². The van der Waals surface area contributed by atoms with Gasteiger partial charge in [-0.2, -0.15) is 5.10 Å². The van der Waals surface area contributed by atoms with Crippen molar-refractivity contribution in [2.24, 2.45) is 0 Å². The van der Waals surface area contributed by atoms with E-state index in [1.54, 1.807) is 0 Å². The van der Waals surface area contributed by atoms with Crippen molar-refractivity contribution in [3.63, 3.8) is 0 Å². The summed E-state index contributed by atoms with van der Waals surface area (Å²) in [7, 11) is 0. The van der Waals surface area contributed by atoms with E-state index in [2.05, 4.69) is 15.4 Å². The highest BCUT2D eigenvalue weighted by Crippen LogP contribution is 2.37. The Morgan fingerprint density at radius 2 is 2.18 bits per heavy atom. The molecule has 116 valence electrons. The minimum absolute atomic E-state index is 0.0434. The molecule has 4 rings (SSSR count). The molecule has 1 N–H and O–H groups in total. The molecular weight excluding hydrogens is 280 g/mol. The molecule has 0 radical (unpaired) electrons. The third kappa shape index (κ3) is 1.90. The number of carbonyl (C=O) groups excluding carboxylic acids is 1. The summed E-state index contributed by atoms with van der Waals surface area (Å²) in [6.07, 6.45) is 5.03. The third-order valence-electron chi connectivity index (χ3n) is 4.94. The maximum absolute atomic E-state index is 13.0. The third-order valence-corrected chi connectivity index (χ3v) is 4.94. The molecule has 1 amide bonds. The maximum atomic E-state index is 13.0. The molecule has 0 bridgehead atoms. The minimum atomic E-state index is 0.0434. The number of hydrogen-bond donors (Lipinski definition) is 1. The lowest BCUT2D eigenvalue weighted by molar-refractivity contribution is 0.0727. The molecule has 1 aliphatic carbocycles. The van der Waals surface area contributed by atoms with E-state index in [0.717, 1.165) is 66.9 Å². The fourth-order valence-corrected chi connectivity index (χ4v) is 3.91. The number of fused-ring (bicyclic) bond motifs is 1. The SMILES string of the molecule is Cc1noc(C)c1[C@@H]1CCCN1C(=O)c1n[nH]c2c1CCC2. The molecule has 6 heteroatoms. The Balaban J connectivity index is 1.68. The van der Waals surface area contributed by atoms with Crippen LogP contribution in [0.1, 0.15) is 64.1 Å². The minimum Gasteiger partial charge on any atom is -0.361 e. The number of nitrogens with one attached hydrogen (secondary N) is 1. The highest BCUT2D eigenvalue weighted by atomic mass is 16.5. The standard InChI is InChI=1S/C16H20N4O2/c1-9-14(10(2)22-19-9)13-7-4-8-20(13)16(21)15-11-5-3-6-12(11)17-18-15/h13H,3-8H2,1-2H3,(H,17,18)/t13-/m0/s1. The van der Waals surface area contributed by atoms with Crippen LogP contribution >= 0.6 is 0 Å². The van der Waals surface area contributed by atoms with Gasteiger partial charge in [0, 0.05) is 23.4 Å². The summed E-state index contributed by atoms with van der Waals surface area (Å²) in [4.78, 5) is 14.9. The summed E-state index contributed by atoms with van der Waals surface area (Å²) >= 11 is 0. The molecule has 22 heavy (non-hydrogen) atoms. The van der Waals surface area contributed by atoms with Crippen molar-refractivity contribution in [2.45, 2.75) is 52.0 Å². The quantitative estimate of drug-likeness (QED) is 0.924. The van der Waals surface area contributed by atoms with Crippen LogP contribution in [0.2, 0.25) is 0 Å². The Hall–Kier alpha value is -2.11.